The van der Waals surface area contributed by atoms with Crippen LogP contribution in [0.1, 0.15) is 6.92 Å². The Morgan fingerprint density at radius 3 is 3.00 bits per heavy atom. The number of aromatic nitrogens is 4. The van der Waals surface area contributed by atoms with E-state index in [1.165, 1.54) is 6.33 Å². The average molecular weight is 205 g/mol. The van der Waals surface area contributed by atoms with E-state index in [2.05, 4.69) is 20.2 Å². The standard InChI is InChI=1S/C9H11N5O/c1-9(15)3-14(4-9)8-6-2-12-13-7(6)10-5-11-8/h2,5,15H,3-4H2,1H3,(H,10,11,12,13). The van der Waals surface area contributed by atoms with Gasteiger partial charge in [-0.1, -0.05) is 0 Å². The zero-order chi connectivity index (χ0) is 10.5. The molecule has 15 heavy (non-hydrogen) atoms. The molecule has 1 fully saturated rings. The van der Waals surface area contributed by atoms with Crippen LogP contribution in [0.2, 0.25) is 0 Å². The number of nitrogens with zero attached hydrogens (tertiary/aromatic N) is 4. The van der Waals surface area contributed by atoms with Crippen molar-refractivity contribution in [2.45, 2.75) is 12.5 Å². The molecule has 3 rings (SSSR count). The maximum atomic E-state index is 9.66. The minimum absolute atomic E-state index is 0.596. The van der Waals surface area contributed by atoms with Crippen LogP contribution in [0, 0.1) is 0 Å². The number of fused-ring (bicyclic) bond motifs is 1. The van der Waals surface area contributed by atoms with Crippen LogP contribution >= 0.6 is 0 Å². The average Bonchev–Trinajstić information content (AvgIpc) is 2.60. The van der Waals surface area contributed by atoms with Crippen molar-refractivity contribution in [3.05, 3.63) is 12.5 Å². The van der Waals surface area contributed by atoms with Crippen LogP contribution in [0.5, 0.6) is 0 Å². The van der Waals surface area contributed by atoms with Crippen molar-refractivity contribution in [1.29, 1.82) is 0 Å². The highest BCUT2D eigenvalue weighted by atomic mass is 16.3. The highest BCUT2D eigenvalue weighted by Crippen LogP contribution is 2.29. The van der Waals surface area contributed by atoms with E-state index in [1.807, 2.05) is 11.8 Å². The van der Waals surface area contributed by atoms with Gasteiger partial charge in [-0.15, -0.1) is 0 Å². The largest absolute Gasteiger partial charge is 0.386 e. The second-order valence-corrected chi connectivity index (χ2v) is 4.18. The SMILES string of the molecule is CC1(O)CN(c2ncnc3[nH]ncc23)C1. The van der Waals surface area contributed by atoms with Crippen LogP contribution in [0.3, 0.4) is 0 Å². The van der Waals surface area contributed by atoms with Gasteiger partial charge in [-0.3, -0.25) is 5.10 Å². The van der Waals surface area contributed by atoms with Gasteiger partial charge in [0.15, 0.2) is 5.65 Å². The smallest absolute Gasteiger partial charge is 0.160 e. The van der Waals surface area contributed by atoms with Gasteiger partial charge < -0.3 is 10.0 Å². The summed E-state index contributed by atoms with van der Waals surface area (Å²) >= 11 is 0. The number of nitrogens with one attached hydrogen (secondary N) is 1. The van der Waals surface area contributed by atoms with Crippen molar-refractivity contribution in [3.8, 4) is 0 Å². The maximum Gasteiger partial charge on any atom is 0.160 e. The van der Waals surface area contributed by atoms with Crippen molar-refractivity contribution >= 4 is 16.9 Å². The fourth-order valence-corrected chi connectivity index (χ4v) is 1.93. The zero-order valence-corrected chi connectivity index (χ0v) is 8.30. The molecule has 2 aromatic heterocycles. The number of aromatic amines is 1. The van der Waals surface area contributed by atoms with E-state index >= 15 is 0 Å². The summed E-state index contributed by atoms with van der Waals surface area (Å²) in [5, 5.41) is 17.3. The third kappa shape index (κ3) is 1.25. The first-order valence-corrected chi connectivity index (χ1v) is 4.77. The molecule has 78 valence electrons. The van der Waals surface area contributed by atoms with Gasteiger partial charge in [0.2, 0.25) is 0 Å². The molecule has 3 heterocycles. The number of hydrogen-bond acceptors (Lipinski definition) is 5. The molecule has 0 amide bonds. The summed E-state index contributed by atoms with van der Waals surface area (Å²) in [5.41, 5.74) is 0.132. The Kier molecular flexibility index (Phi) is 1.53. The van der Waals surface area contributed by atoms with Crippen LogP contribution in [-0.2, 0) is 0 Å². The zero-order valence-electron chi connectivity index (χ0n) is 8.30. The Morgan fingerprint density at radius 1 is 1.47 bits per heavy atom. The Balaban J connectivity index is 2.02. The van der Waals surface area contributed by atoms with Crippen LogP contribution in [0.4, 0.5) is 5.82 Å². The lowest BCUT2D eigenvalue weighted by Gasteiger charge is -2.44. The lowest BCUT2D eigenvalue weighted by Crippen LogP contribution is -2.60. The third-order valence-corrected chi connectivity index (χ3v) is 2.59. The van der Waals surface area contributed by atoms with E-state index in [9.17, 15) is 5.11 Å². The highest BCUT2D eigenvalue weighted by Gasteiger charge is 2.38. The van der Waals surface area contributed by atoms with Gasteiger partial charge in [-0.2, -0.15) is 5.10 Å². The fraction of sp³-hybridized carbons (Fsp3) is 0.444. The number of aliphatic hydroxyl groups is 1. The predicted octanol–water partition coefficient (Wildman–Crippen LogP) is -0.0761. The van der Waals surface area contributed by atoms with Crippen molar-refractivity contribution in [2.75, 3.05) is 18.0 Å². The molecular weight excluding hydrogens is 194 g/mol. The molecule has 1 saturated heterocycles. The summed E-state index contributed by atoms with van der Waals surface area (Å²) < 4.78 is 0. The van der Waals surface area contributed by atoms with Crippen LogP contribution in [0.15, 0.2) is 12.5 Å². The minimum atomic E-state index is -0.596. The molecule has 1 aliphatic heterocycles. The van der Waals surface area contributed by atoms with Crippen molar-refractivity contribution in [2.24, 2.45) is 0 Å². The normalized spacial score (nSPS) is 19.2. The van der Waals surface area contributed by atoms with Crippen LogP contribution in [0.25, 0.3) is 11.0 Å². The van der Waals surface area contributed by atoms with Crippen LogP contribution in [-0.4, -0.2) is 44.0 Å². The Hall–Kier alpha value is -1.69. The predicted molar refractivity (Wildman–Crippen MR) is 54.5 cm³/mol. The molecule has 6 nitrogen and oxygen atoms in total. The summed E-state index contributed by atoms with van der Waals surface area (Å²) in [4.78, 5) is 10.3. The van der Waals surface area contributed by atoms with Gasteiger partial charge in [0, 0.05) is 13.1 Å². The molecule has 1 aliphatic rings. The molecule has 0 aromatic carbocycles. The van der Waals surface area contributed by atoms with Crippen molar-refractivity contribution < 1.29 is 5.11 Å². The Labute approximate surface area is 86.0 Å². The first-order chi connectivity index (χ1) is 7.16. The lowest BCUT2D eigenvalue weighted by molar-refractivity contribution is 0.0307. The molecule has 0 radical (unpaired) electrons. The first-order valence-electron chi connectivity index (χ1n) is 4.77. The number of hydrogen-bond donors (Lipinski definition) is 2. The van der Waals surface area contributed by atoms with E-state index in [0.29, 0.717) is 13.1 Å². The summed E-state index contributed by atoms with van der Waals surface area (Å²) in [7, 11) is 0. The molecule has 0 spiro atoms. The quantitative estimate of drug-likeness (QED) is 0.681. The molecule has 2 aromatic rings. The van der Waals surface area contributed by atoms with E-state index in [4.69, 9.17) is 0 Å². The third-order valence-electron chi connectivity index (χ3n) is 2.59. The van der Waals surface area contributed by atoms with E-state index in [-0.39, 0.29) is 0 Å². The number of anilines is 1. The molecule has 0 atom stereocenters. The molecule has 0 saturated carbocycles. The van der Waals surface area contributed by atoms with Gasteiger partial charge in [0.25, 0.3) is 0 Å². The minimum Gasteiger partial charge on any atom is -0.386 e. The monoisotopic (exact) mass is 205 g/mol. The van der Waals surface area contributed by atoms with Gasteiger partial charge in [0.05, 0.1) is 17.2 Å². The maximum absolute atomic E-state index is 9.66. The first kappa shape index (κ1) is 8.60. The van der Waals surface area contributed by atoms with E-state index in [0.717, 1.165) is 16.9 Å². The van der Waals surface area contributed by atoms with E-state index in [1.54, 1.807) is 6.20 Å². The molecule has 2 N–H and O–H groups in total. The molecular formula is C9H11N5O. The lowest BCUT2D eigenvalue weighted by atomic mass is 9.97. The number of rotatable bonds is 1. The Bertz CT molecular complexity index is 498. The number of H-pyrrole nitrogens is 1. The summed E-state index contributed by atoms with van der Waals surface area (Å²) in [6.07, 6.45) is 3.21. The molecule has 6 heteroatoms. The fourth-order valence-electron chi connectivity index (χ4n) is 1.93. The second kappa shape index (κ2) is 2.66. The van der Waals surface area contributed by atoms with Gasteiger partial charge >= 0.3 is 0 Å². The van der Waals surface area contributed by atoms with Gasteiger partial charge in [0.1, 0.15) is 12.1 Å². The number of β-amino-alcohol motifs (C(OH)–C–C–N with tert-alkyl or cyclic N) is 1. The topological polar surface area (TPSA) is 77.9 Å². The van der Waals surface area contributed by atoms with Gasteiger partial charge in [-0.25, -0.2) is 9.97 Å². The molecule has 0 bridgehead atoms. The van der Waals surface area contributed by atoms with Gasteiger partial charge in [-0.05, 0) is 6.92 Å². The van der Waals surface area contributed by atoms with E-state index < -0.39 is 5.60 Å². The van der Waals surface area contributed by atoms with Crippen molar-refractivity contribution in [3.63, 3.8) is 0 Å². The Morgan fingerprint density at radius 2 is 2.27 bits per heavy atom. The summed E-state index contributed by atoms with van der Waals surface area (Å²) in [6.45, 7) is 3.02. The second-order valence-electron chi connectivity index (χ2n) is 4.18. The molecule has 0 unspecified atom stereocenters. The summed E-state index contributed by atoms with van der Waals surface area (Å²) in [6, 6.07) is 0. The van der Waals surface area contributed by atoms with Crippen LogP contribution < -0.4 is 4.90 Å². The summed E-state index contributed by atoms with van der Waals surface area (Å²) in [5.74, 6) is 0.834. The van der Waals surface area contributed by atoms with Crippen molar-refractivity contribution in [1.82, 2.24) is 20.2 Å². The molecule has 0 aliphatic carbocycles. The highest BCUT2D eigenvalue weighted by molar-refractivity contribution is 5.86.